The Morgan fingerprint density at radius 1 is 1.32 bits per heavy atom. The highest BCUT2D eigenvalue weighted by molar-refractivity contribution is 7.13. The summed E-state index contributed by atoms with van der Waals surface area (Å²) >= 11 is 7.58. The van der Waals surface area contributed by atoms with E-state index in [1.54, 1.807) is 13.0 Å². The van der Waals surface area contributed by atoms with E-state index in [2.05, 4.69) is 17.2 Å². The first-order valence-electron chi connectivity index (χ1n) is 10.4. The number of hydrogen-bond acceptors (Lipinski definition) is 8. The van der Waals surface area contributed by atoms with Crippen LogP contribution >= 0.6 is 22.9 Å². The Balaban J connectivity index is 1.46. The lowest BCUT2D eigenvalue weighted by molar-refractivity contribution is -0.160. The van der Waals surface area contributed by atoms with E-state index in [9.17, 15) is 9.59 Å². The number of nitrogens with zero attached hydrogens (tertiary/aromatic N) is 1. The first-order valence-corrected chi connectivity index (χ1v) is 11.6. The topological polar surface area (TPSA) is 86.8 Å². The Morgan fingerprint density at radius 3 is 2.90 bits per heavy atom. The largest absolute Gasteiger partial charge is 0.459 e. The van der Waals surface area contributed by atoms with Crippen molar-refractivity contribution in [1.29, 1.82) is 0 Å². The normalized spacial score (nSPS) is 27.5. The molecule has 1 aromatic carbocycles. The Bertz CT molecular complexity index is 982. The Hall–Kier alpha value is -2.16. The van der Waals surface area contributed by atoms with Gasteiger partial charge in [-0.1, -0.05) is 37.1 Å². The molecule has 31 heavy (non-hydrogen) atoms. The van der Waals surface area contributed by atoms with Crippen molar-refractivity contribution in [3.63, 3.8) is 0 Å². The van der Waals surface area contributed by atoms with Crippen LogP contribution in [0.2, 0.25) is 5.02 Å². The molecule has 0 unspecified atom stereocenters. The second kappa shape index (κ2) is 8.76. The molecule has 0 amide bonds. The summed E-state index contributed by atoms with van der Waals surface area (Å²) in [6, 6.07) is 7.37. The molecule has 2 saturated heterocycles. The van der Waals surface area contributed by atoms with Gasteiger partial charge in [0.2, 0.25) is 0 Å². The molecule has 3 heterocycles. The second-order valence-corrected chi connectivity index (χ2v) is 9.45. The van der Waals surface area contributed by atoms with E-state index in [0.29, 0.717) is 29.1 Å². The predicted octanol–water partition coefficient (Wildman–Crippen LogP) is 4.82. The predicted molar refractivity (Wildman–Crippen MR) is 118 cm³/mol. The Labute approximate surface area is 190 Å². The van der Waals surface area contributed by atoms with Gasteiger partial charge in [0, 0.05) is 24.8 Å². The van der Waals surface area contributed by atoms with Gasteiger partial charge < -0.3 is 19.5 Å². The Morgan fingerprint density at radius 2 is 2.13 bits per heavy atom. The number of nitrogens with one attached hydrogen (secondary N) is 1. The first kappa shape index (κ1) is 22.0. The smallest absolute Gasteiger partial charge is 0.324 e. The summed E-state index contributed by atoms with van der Waals surface area (Å²) in [4.78, 5) is 30.1. The minimum absolute atomic E-state index is 0.193. The molecule has 0 bridgehead atoms. The zero-order valence-electron chi connectivity index (χ0n) is 17.5. The van der Waals surface area contributed by atoms with Gasteiger partial charge in [-0.25, -0.2) is 4.98 Å². The monoisotopic (exact) mass is 464 g/mol. The van der Waals surface area contributed by atoms with Crippen LogP contribution in [0, 0.1) is 5.41 Å². The molecule has 0 radical (unpaired) electrons. The lowest BCUT2D eigenvalue weighted by Crippen LogP contribution is -2.32. The number of benzene rings is 1. The number of ether oxygens (including phenoxy) is 3. The third-order valence-corrected chi connectivity index (χ3v) is 6.78. The number of hydrogen-bond donors (Lipinski definition) is 1. The van der Waals surface area contributed by atoms with Gasteiger partial charge in [-0.2, -0.15) is 0 Å². The van der Waals surface area contributed by atoms with Crippen LogP contribution in [0.1, 0.15) is 45.2 Å². The molecule has 166 valence electrons. The molecule has 3 atom stereocenters. The summed E-state index contributed by atoms with van der Waals surface area (Å²) in [5.41, 5.74) is -0.980. The van der Waals surface area contributed by atoms with Crippen LogP contribution < -0.4 is 5.32 Å². The second-order valence-electron chi connectivity index (χ2n) is 8.18. The van der Waals surface area contributed by atoms with E-state index in [1.807, 2.05) is 23.6 Å². The number of anilines is 2. The molecule has 0 saturated carbocycles. The van der Waals surface area contributed by atoms with Crippen LogP contribution in [0.3, 0.4) is 0 Å². The fraction of sp³-hybridized carbons (Fsp3) is 0.500. The van der Waals surface area contributed by atoms with Gasteiger partial charge in [-0.15, -0.1) is 11.3 Å². The summed E-state index contributed by atoms with van der Waals surface area (Å²) in [6.45, 7) is 4.77. The van der Waals surface area contributed by atoms with Gasteiger partial charge in [0.1, 0.15) is 6.10 Å². The summed E-state index contributed by atoms with van der Waals surface area (Å²) in [6.07, 6.45) is 1.99. The number of thiazole rings is 1. The molecule has 2 aliphatic heterocycles. The fourth-order valence-corrected chi connectivity index (χ4v) is 5.05. The highest BCUT2D eigenvalue weighted by Crippen LogP contribution is 2.52. The van der Waals surface area contributed by atoms with Crippen molar-refractivity contribution in [1.82, 2.24) is 4.98 Å². The maximum atomic E-state index is 12.8. The molecule has 9 heteroatoms. The molecular formula is C22H25ClN2O5S. The van der Waals surface area contributed by atoms with Crippen molar-refractivity contribution in [3.05, 3.63) is 40.4 Å². The van der Waals surface area contributed by atoms with Gasteiger partial charge in [0.05, 0.1) is 23.0 Å². The number of para-hydroxylation sites is 1. The van der Waals surface area contributed by atoms with Crippen molar-refractivity contribution >= 4 is 45.7 Å². The van der Waals surface area contributed by atoms with Crippen LogP contribution in [-0.4, -0.2) is 36.2 Å². The average Bonchev–Trinajstić information content (AvgIpc) is 3.39. The summed E-state index contributed by atoms with van der Waals surface area (Å²) in [5.74, 6) is -1.08. The maximum absolute atomic E-state index is 12.8. The summed E-state index contributed by atoms with van der Waals surface area (Å²) < 4.78 is 16.8. The zero-order valence-corrected chi connectivity index (χ0v) is 19.1. The van der Waals surface area contributed by atoms with Crippen LogP contribution in [0.4, 0.5) is 10.8 Å². The molecule has 0 aliphatic carbocycles. The van der Waals surface area contributed by atoms with Crippen molar-refractivity contribution in [2.45, 2.75) is 51.2 Å². The molecule has 1 N–H and O–H groups in total. The van der Waals surface area contributed by atoms with E-state index in [0.717, 1.165) is 18.5 Å². The van der Waals surface area contributed by atoms with Crippen LogP contribution in [0.15, 0.2) is 29.6 Å². The van der Waals surface area contributed by atoms with E-state index >= 15 is 0 Å². The Kier molecular flexibility index (Phi) is 6.23. The molecule has 7 nitrogen and oxygen atoms in total. The van der Waals surface area contributed by atoms with Crippen LogP contribution in [-0.2, 0) is 29.4 Å². The van der Waals surface area contributed by atoms with Crippen molar-refractivity contribution in [3.8, 4) is 0 Å². The van der Waals surface area contributed by atoms with Crippen molar-refractivity contribution in [2.24, 2.45) is 5.41 Å². The van der Waals surface area contributed by atoms with E-state index in [1.165, 1.54) is 11.3 Å². The van der Waals surface area contributed by atoms with Gasteiger partial charge in [-0.05, 0) is 25.5 Å². The van der Waals surface area contributed by atoms with Gasteiger partial charge in [0.15, 0.2) is 16.1 Å². The van der Waals surface area contributed by atoms with E-state index in [-0.39, 0.29) is 12.8 Å². The number of aromatic nitrogens is 1. The fourth-order valence-electron chi connectivity index (χ4n) is 4.02. The molecule has 2 fully saturated rings. The van der Waals surface area contributed by atoms with Crippen molar-refractivity contribution in [2.75, 3.05) is 18.5 Å². The lowest BCUT2D eigenvalue weighted by atomic mass is 9.78. The molecule has 2 aliphatic rings. The zero-order chi connectivity index (χ0) is 22.1. The number of halogens is 1. The molecule has 1 spiro atoms. The SMILES string of the molecule is CCCCOC[C@@H]1C[C@]2(C[C@@](C)(c3csc(Nc4ccccc4Cl)n3)OC2=O)C(=O)O1. The number of carbonyl (C=O) groups is 2. The molecule has 1 aromatic heterocycles. The van der Waals surface area contributed by atoms with E-state index < -0.39 is 29.1 Å². The standard InChI is InChI=1S/C22H25ClN2O5S/c1-3-4-9-28-11-14-10-22(18(26)29-14)13-21(2,30-19(22)27)17-12-31-20(25-17)24-16-8-6-5-7-15(16)23/h5-8,12,14H,3-4,9-11,13H2,1-2H3,(H,24,25)/t14-,21-,22-/m0/s1. The molecular weight excluding hydrogens is 440 g/mol. The number of rotatable bonds is 8. The highest BCUT2D eigenvalue weighted by atomic mass is 35.5. The maximum Gasteiger partial charge on any atom is 0.324 e. The van der Waals surface area contributed by atoms with Gasteiger partial charge in [0.25, 0.3) is 0 Å². The third kappa shape index (κ3) is 4.29. The van der Waals surface area contributed by atoms with Gasteiger partial charge >= 0.3 is 11.9 Å². The molecule has 4 rings (SSSR count). The number of unbranched alkanes of at least 4 members (excludes halogenated alkanes) is 1. The summed E-state index contributed by atoms with van der Waals surface area (Å²) in [5, 5.41) is 6.22. The molecule has 2 aromatic rings. The van der Waals surface area contributed by atoms with Crippen LogP contribution in [0.25, 0.3) is 0 Å². The van der Waals surface area contributed by atoms with Gasteiger partial charge in [-0.3, -0.25) is 9.59 Å². The summed E-state index contributed by atoms with van der Waals surface area (Å²) in [7, 11) is 0. The number of cyclic esters (lactones) is 2. The first-order chi connectivity index (χ1) is 14.9. The third-order valence-electron chi connectivity index (χ3n) is 5.70. The average molecular weight is 465 g/mol. The highest BCUT2D eigenvalue weighted by Gasteiger charge is 2.65. The number of esters is 2. The van der Waals surface area contributed by atoms with Crippen LogP contribution in [0.5, 0.6) is 0 Å². The van der Waals surface area contributed by atoms with E-state index in [4.69, 9.17) is 25.8 Å². The number of carbonyl (C=O) groups excluding carboxylic acids is 2. The lowest BCUT2D eigenvalue weighted by Gasteiger charge is -2.20. The minimum Gasteiger partial charge on any atom is -0.459 e. The quantitative estimate of drug-likeness (QED) is 0.340. The van der Waals surface area contributed by atoms with Crippen molar-refractivity contribution < 1.29 is 23.8 Å². The minimum atomic E-state index is -1.30.